The van der Waals surface area contributed by atoms with Crippen LogP contribution in [0.15, 0.2) is 67.0 Å². The van der Waals surface area contributed by atoms with Crippen LogP contribution in [0.1, 0.15) is 20.7 Å². The molecule has 0 aliphatic heterocycles. The molecule has 0 spiro atoms. The second-order valence-corrected chi connectivity index (χ2v) is 5.31. The number of hydrogen-bond donors (Lipinski definition) is 2. The first-order chi connectivity index (χ1) is 11.6. The molecule has 2 amide bonds. The van der Waals surface area contributed by atoms with Crippen molar-refractivity contribution in [3.8, 4) is 22.3 Å². The largest absolute Gasteiger partial charge is 0.366 e. The van der Waals surface area contributed by atoms with E-state index in [1.165, 1.54) is 0 Å². The lowest BCUT2D eigenvalue weighted by Gasteiger charge is -2.12. The fourth-order valence-electron chi connectivity index (χ4n) is 2.52. The van der Waals surface area contributed by atoms with Gasteiger partial charge in [-0.3, -0.25) is 14.6 Å². The van der Waals surface area contributed by atoms with E-state index in [1.54, 1.807) is 36.7 Å². The smallest absolute Gasteiger partial charge is 0.248 e. The Bertz CT molecular complexity index is 904. The molecule has 3 rings (SSSR count). The van der Waals surface area contributed by atoms with Crippen molar-refractivity contribution in [1.29, 1.82) is 0 Å². The van der Waals surface area contributed by atoms with E-state index in [0.717, 1.165) is 22.3 Å². The summed E-state index contributed by atoms with van der Waals surface area (Å²) in [5.41, 5.74) is 15.1. The zero-order chi connectivity index (χ0) is 17.1. The van der Waals surface area contributed by atoms with Gasteiger partial charge in [0.15, 0.2) is 0 Å². The molecule has 0 bridgehead atoms. The summed E-state index contributed by atoms with van der Waals surface area (Å²) in [7, 11) is 0. The number of carbonyl (C=O) groups excluding carboxylic acids is 2. The Morgan fingerprint density at radius 1 is 0.750 bits per heavy atom. The van der Waals surface area contributed by atoms with E-state index >= 15 is 0 Å². The van der Waals surface area contributed by atoms with Crippen LogP contribution in [-0.2, 0) is 0 Å². The maximum Gasteiger partial charge on any atom is 0.248 e. The van der Waals surface area contributed by atoms with Gasteiger partial charge in [0.25, 0.3) is 0 Å². The molecule has 3 aromatic rings. The molecular weight excluding hydrogens is 302 g/mol. The molecule has 0 radical (unpaired) electrons. The summed E-state index contributed by atoms with van der Waals surface area (Å²) in [4.78, 5) is 26.9. The highest BCUT2D eigenvalue weighted by molar-refractivity contribution is 5.97. The van der Waals surface area contributed by atoms with Gasteiger partial charge in [-0.05, 0) is 47.0 Å². The standard InChI is InChI=1S/C19H15N3O2/c20-18(23)13-5-3-12(4-6-13)16-8-7-14(19(21)24)10-17(16)15-2-1-9-22-11-15/h1-11H,(H2,20,23)(H2,21,24). The van der Waals surface area contributed by atoms with E-state index in [9.17, 15) is 9.59 Å². The van der Waals surface area contributed by atoms with Crippen LogP contribution in [0.5, 0.6) is 0 Å². The SMILES string of the molecule is NC(=O)c1ccc(-c2ccc(C(N)=O)cc2-c2cccnc2)cc1. The topological polar surface area (TPSA) is 99.1 Å². The highest BCUT2D eigenvalue weighted by Gasteiger charge is 2.11. The maximum absolute atomic E-state index is 11.5. The molecule has 0 aliphatic carbocycles. The molecule has 24 heavy (non-hydrogen) atoms. The quantitative estimate of drug-likeness (QED) is 0.773. The Labute approximate surface area is 138 Å². The van der Waals surface area contributed by atoms with E-state index < -0.39 is 11.8 Å². The van der Waals surface area contributed by atoms with Crippen molar-refractivity contribution in [1.82, 2.24) is 4.98 Å². The molecule has 0 unspecified atom stereocenters. The Balaban J connectivity index is 2.16. The number of benzene rings is 2. The zero-order valence-corrected chi connectivity index (χ0v) is 12.8. The molecule has 0 atom stereocenters. The van der Waals surface area contributed by atoms with Gasteiger partial charge in [0, 0.05) is 29.1 Å². The minimum atomic E-state index is -0.490. The normalized spacial score (nSPS) is 10.3. The van der Waals surface area contributed by atoms with Gasteiger partial charge in [0.1, 0.15) is 0 Å². The number of pyridine rings is 1. The third-order valence-corrected chi connectivity index (χ3v) is 3.76. The average Bonchev–Trinajstić information content (AvgIpc) is 2.62. The van der Waals surface area contributed by atoms with Crippen LogP contribution in [0.25, 0.3) is 22.3 Å². The first kappa shape index (κ1) is 15.4. The first-order valence-corrected chi connectivity index (χ1v) is 7.31. The summed E-state index contributed by atoms with van der Waals surface area (Å²) >= 11 is 0. The van der Waals surface area contributed by atoms with Crippen LogP contribution in [-0.4, -0.2) is 16.8 Å². The highest BCUT2D eigenvalue weighted by Crippen LogP contribution is 2.32. The fourth-order valence-corrected chi connectivity index (χ4v) is 2.52. The van der Waals surface area contributed by atoms with E-state index in [2.05, 4.69) is 4.98 Å². The van der Waals surface area contributed by atoms with Crippen LogP contribution < -0.4 is 11.5 Å². The van der Waals surface area contributed by atoms with Gasteiger partial charge < -0.3 is 11.5 Å². The van der Waals surface area contributed by atoms with Crippen LogP contribution in [0.4, 0.5) is 0 Å². The summed E-state index contributed by atoms with van der Waals surface area (Å²) in [6, 6.07) is 16.0. The van der Waals surface area contributed by atoms with Gasteiger partial charge >= 0.3 is 0 Å². The molecule has 0 saturated carbocycles. The summed E-state index contributed by atoms with van der Waals surface area (Å²) in [5.74, 6) is -0.964. The second kappa shape index (κ2) is 6.34. The van der Waals surface area contributed by atoms with Gasteiger partial charge in [0.05, 0.1) is 0 Å². The summed E-state index contributed by atoms with van der Waals surface area (Å²) in [6.45, 7) is 0. The van der Waals surface area contributed by atoms with E-state index in [-0.39, 0.29) is 0 Å². The van der Waals surface area contributed by atoms with Crippen LogP contribution in [0.3, 0.4) is 0 Å². The maximum atomic E-state index is 11.5. The molecule has 0 fully saturated rings. The Kier molecular flexibility index (Phi) is 4.07. The second-order valence-electron chi connectivity index (χ2n) is 5.31. The Hall–Kier alpha value is -3.47. The third kappa shape index (κ3) is 3.01. The Morgan fingerprint density at radius 3 is 2.00 bits per heavy atom. The number of rotatable bonds is 4. The minimum Gasteiger partial charge on any atom is -0.366 e. The minimum absolute atomic E-state index is 0.423. The number of nitrogens with two attached hydrogens (primary N) is 2. The van der Waals surface area contributed by atoms with Crippen LogP contribution in [0.2, 0.25) is 0 Å². The van der Waals surface area contributed by atoms with Crippen molar-refractivity contribution in [2.24, 2.45) is 11.5 Å². The van der Waals surface area contributed by atoms with Crippen molar-refractivity contribution in [2.45, 2.75) is 0 Å². The van der Waals surface area contributed by atoms with E-state index in [4.69, 9.17) is 11.5 Å². The lowest BCUT2D eigenvalue weighted by Crippen LogP contribution is -2.11. The first-order valence-electron chi connectivity index (χ1n) is 7.31. The molecule has 5 heteroatoms. The van der Waals surface area contributed by atoms with Crippen LogP contribution >= 0.6 is 0 Å². The van der Waals surface area contributed by atoms with E-state index in [0.29, 0.717) is 11.1 Å². The molecule has 1 heterocycles. The highest BCUT2D eigenvalue weighted by atomic mass is 16.1. The van der Waals surface area contributed by atoms with Crippen molar-refractivity contribution < 1.29 is 9.59 Å². The summed E-state index contributed by atoms with van der Waals surface area (Å²) in [5, 5.41) is 0. The van der Waals surface area contributed by atoms with E-state index in [1.807, 2.05) is 30.3 Å². The lowest BCUT2D eigenvalue weighted by atomic mass is 9.93. The predicted octanol–water partition coefficient (Wildman–Crippen LogP) is 2.61. The number of primary amides is 2. The molecule has 2 aromatic carbocycles. The lowest BCUT2D eigenvalue weighted by molar-refractivity contribution is 0.0992. The van der Waals surface area contributed by atoms with Gasteiger partial charge in [-0.1, -0.05) is 24.3 Å². The summed E-state index contributed by atoms with van der Waals surface area (Å²) in [6.07, 6.45) is 3.41. The third-order valence-electron chi connectivity index (χ3n) is 3.76. The van der Waals surface area contributed by atoms with Gasteiger partial charge in [-0.15, -0.1) is 0 Å². The molecule has 118 valence electrons. The van der Waals surface area contributed by atoms with Crippen molar-refractivity contribution in [2.75, 3.05) is 0 Å². The number of hydrogen-bond acceptors (Lipinski definition) is 3. The number of aromatic nitrogens is 1. The van der Waals surface area contributed by atoms with Gasteiger partial charge in [-0.25, -0.2) is 0 Å². The number of carbonyl (C=O) groups is 2. The van der Waals surface area contributed by atoms with Crippen LogP contribution in [0, 0.1) is 0 Å². The molecule has 0 aliphatic rings. The molecule has 1 aromatic heterocycles. The van der Waals surface area contributed by atoms with Crippen molar-refractivity contribution in [3.05, 3.63) is 78.1 Å². The molecular formula is C19H15N3O2. The fraction of sp³-hybridized carbons (Fsp3) is 0. The predicted molar refractivity (Wildman–Crippen MR) is 92.1 cm³/mol. The molecule has 4 N–H and O–H groups in total. The number of amides is 2. The Morgan fingerprint density at radius 2 is 1.42 bits per heavy atom. The zero-order valence-electron chi connectivity index (χ0n) is 12.8. The van der Waals surface area contributed by atoms with Crippen molar-refractivity contribution in [3.63, 3.8) is 0 Å². The van der Waals surface area contributed by atoms with Gasteiger partial charge in [0.2, 0.25) is 11.8 Å². The van der Waals surface area contributed by atoms with Crippen molar-refractivity contribution >= 4 is 11.8 Å². The van der Waals surface area contributed by atoms with Gasteiger partial charge in [-0.2, -0.15) is 0 Å². The monoisotopic (exact) mass is 317 g/mol. The molecule has 5 nitrogen and oxygen atoms in total. The molecule has 0 saturated heterocycles. The number of nitrogens with zero attached hydrogens (tertiary/aromatic N) is 1. The summed E-state index contributed by atoms with van der Waals surface area (Å²) < 4.78 is 0. The average molecular weight is 317 g/mol.